The van der Waals surface area contributed by atoms with Crippen molar-refractivity contribution in [1.29, 1.82) is 0 Å². The minimum atomic E-state index is -0.0860. The van der Waals surface area contributed by atoms with Crippen LogP contribution in [0.3, 0.4) is 0 Å². The van der Waals surface area contributed by atoms with E-state index in [9.17, 15) is 4.79 Å². The maximum Gasteiger partial charge on any atom is 0.220 e. The summed E-state index contributed by atoms with van der Waals surface area (Å²) < 4.78 is 1.07. The maximum absolute atomic E-state index is 12.0. The summed E-state index contributed by atoms with van der Waals surface area (Å²) in [5.41, 5.74) is 2.17. The Morgan fingerprint density at radius 1 is 1.17 bits per heavy atom. The first-order valence-corrected chi connectivity index (χ1v) is 8.69. The third-order valence-electron chi connectivity index (χ3n) is 3.92. The van der Waals surface area contributed by atoms with Crippen LogP contribution < -0.4 is 5.32 Å². The molecule has 0 fully saturated rings. The Balaban J connectivity index is 1.76. The van der Waals surface area contributed by atoms with Gasteiger partial charge in [-0.1, -0.05) is 48.0 Å². The van der Waals surface area contributed by atoms with Crippen LogP contribution in [0.1, 0.15) is 37.9 Å². The van der Waals surface area contributed by atoms with Crippen molar-refractivity contribution in [2.75, 3.05) is 6.54 Å². The molecule has 2 rings (SSSR count). The zero-order chi connectivity index (χ0) is 16.7. The van der Waals surface area contributed by atoms with Crippen LogP contribution in [-0.2, 0) is 16.6 Å². The third kappa shape index (κ3) is 5.79. The number of carbonyl (C=O) groups excluding carboxylic acids is 1. The molecule has 23 heavy (non-hydrogen) atoms. The van der Waals surface area contributed by atoms with E-state index in [4.69, 9.17) is 0 Å². The van der Waals surface area contributed by atoms with Crippen molar-refractivity contribution in [3.63, 3.8) is 0 Å². The fourth-order valence-corrected chi connectivity index (χ4v) is 2.65. The topological polar surface area (TPSA) is 42.0 Å². The molecule has 0 aliphatic rings. The highest BCUT2D eigenvalue weighted by Gasteiger charge is 2.21. The van der Waals surface area contributed by atoms with Crippen molar-refractivity contribution in [1.82, 2.24) is 10.3 Å². The van der Waals surface area contributed by atoms with E-state index in [0.29, 0.717) is 13.0 Å². The SMILES string of the molecule is CC(C)(CNC(=O)CCCc1ccccn1)c1ccc(Br)cc1. The summed E-state index contributed by atoms with van der Waals surface area (Å²) >= 11 is 3.45. The van der Waals surface area contributed by atoms with Crippen molar-refractivity contribution in [3.05, 3.63) is 64.4 Å². The van der Waals surface area contributed by atoms with E-state index in [1.54, 1.807) is 6.20 Å². The molecule has 0 aliphatic heterocycles. The number of hydrogen-bond donors (Lipinski definition) is 1. The molecule has 1 N–H and O–H groups in total. The molecule has 4 heteroatoms. The molecule has 0 bridgehead atoms. The summed E-state index contributed by atoms with van der Waals surface area (Å²) in [5, 5.41) is 3.05. The normalized spacial score (nSPS) is 11.3. The monoisotopic (exact) mass is 374 g/mol. The van der Waals surface area contributed by atoms with Crippen molar-refractivity contribution >= 4 is 21.8 Å². The first-order chi connectivity index (χ1) is 11.0. The summed E-state index contributed by atoms with van der Waals surface area (Å²) in [7, 11) is 0. The Kier molecular flexibility index (Phi) is 6.34. The average Bonchev–Trinajstić information content (AvgIpc) is 2.54. The van der Waals surface area contributed by atoms with E-state index < -0.39 is 0 Å². The van der Waals surface area contributed by atoms with Gasteiger partial charge < -0.3 is 5.32 Å². The predicted octanol–water partition coefficient (Wildman–Crippen LogP) is 4.26. The molecular weight excluding hydrogens is 352 g/mol. The summed E-state index contributed by atoms with van der Waals surface area (Å²) in [4.78, 5) is 16.3. The number of pyridine rings is 1. The molecule has 122 valence electrons. The number of halogens is 1. The van der Waals surface area contributed by atoms with Crippen LogP contribution in [0.4, 0.5) is 0 Å². The van der Waals surface area contributed by atoms with Crippen LogP contribution in [0.15, 0.2) is 53.1 Å². The number of aromatic nitrogens is 1. The van der Waals surface area contributed by atoms with Gasteiger partial charge >= 0.3 is 0 Å². The maximum atomic E-state index is 12.0. The molecule has 0 radical (unpaired) electrons. The Morgan fingerprint density at radius 2 is 1.91 bits per heavy atom. The number of rotatable bonds is 7. The smallest absolute Gasteiger partial charge is 0.220 e. The fraction of sp³-hybridized carbons (Fsp3) is 0.368. The van der Waals surface area contributed by atoms with Gasteiger partial charge in [-0.3, -0.25) is 9.78 Å². The van der Waals surface area contributed by atoms with Crippen LogP contribution in [0.25, 0.3) is 0 Å². The van der Waals surface area contributed by atoms with Gasteiger partial charge in [0.15, 0.2) is 0 Å². The zero-order valence-corrected chi connectivity index (χ0v) is 15.3. The molecule has 0 aliphatic carbocycles. The first kappa shape index (κ1) is 17.7. The zero-order valence-electron chi connectivity index (χ0n) is 13.7. The predicted molar refractivity (Wildman–Crippen MR) is 97.4 cm³/mol. The van der Waals surface area contributed by atoms with Gasteiger partial charge in [-0.15, -0.1) is 0 Å². The molecule has 3 nitrogen and oxygen atoms in total. The number of hydrogen-bond acceptors (Lipinski definition) is 2. The lowest BCUT2D eigenvalue weighted by Crippen LogP contribution is -2.36. The second-order valence-corrected chi connectivity index (χ2v) is 7.26. The minimum Gasteiger partial charge on any atom is -0.355 e. The lowest BCUT2D eigenvalue weighted by molar-refractivity contribution is -0.121. The molecule has 1 amide bonds. The number of benzene rings is 1. The van der Waals surface area contributed by atoms with Crippen molar-refractivity contribution in [2.24, 2.45) is 0 Å². The number of carbonyl (C=O) groups is 1. The molecule has 0 saturated heterocycles. The molecule has 0 unspecified atom stereocenters. The summed E-state index contributed by atoms with van der Waals surface area (Å²) in [6.45, 7) is 4.92. The Bertz CT molecular complexity index is 624. The highest BCUT2D eigenvalue weighted by atomic mass is 79.9. The Morgan fingerprint density at radius 3 is 2.57 bits per heavy atom. The van der Waals surface area contributed by atoms with Crippen LogP contribution in [-0.4, -0.2) is 17.4 Å². The fourth-order valence-electron chi connectivity index (χ4n) is 2.39. The molecule has 2 aromatic rings. The molecule has 0 saturated carbocycles. The highest BCUT2D eigenvalue weighted by Crippen LogP contribution is 2.24. The average molecular weight is 375 g/mol. The van der Waals surface area contributed by atoms with E-state index in [2.05, 4.69) is 52.2 Å². The van der Waals surface area contributed by atoms with Crippen LogP contribution in [0.2, 0.25) is 0 Å². The van der Waals surface area contributed by atoms with Crippen LogP contribution in [0.5, 0.6) is 0 Å². The van der Waals surface area contributed by atoms with Gasteiger partial charge in [-0.2, -0.15) is 0 Å². The van der Waals surface area contributed by atoms with Gasteiger partial charge in [-0.05, 0) is 42.7 Å². The lowest BCUT2D eigenvalue weighted by Gasteiger charge is -2.25. The number of nitrogens with zero attached hydrogens (tertiary/aromatic N) is 1. The van der Waals surface area contributed by atoms with E-state index in [1.807, 2.05) is 30.3 Å². The van der Waals surface area contributed by atoms with Crippen molar-refractivity contribution in [2.45, 2.75) is 38.5 Å². The Hall–Kier alpha value is -1.68. The van der Waals surface area contributed by atoms with Gasteiger partial charge in [0.05, 0.1) is 0 Å². The second-order valence-electron chi connectivity index (χ2n) is 6.34. The first-order valence-electron chi connectivity index (χ1n) is 7.90. The van der Waals surface area contributed by atoms with Crippen molar-refractivity contribution in [3.8, 4) is 0 Å². The quantitative estimate of drug-likeness (QED) is 0.786. The standard InChI is InChI=1S/C19H23BrN2O/c1-19(2,15-9-11-16(20)12-10-15)14-22-18(23)8-5-7-17-6-3-4-13-21-17/h3-4,6,9-13H,5,7-8,14H2,1-2H3,(H,22,23). The van der Waals surface area contributed by atoms with Gasteiger partial charge in [0.25, 0.3) is 0 Å². The van der Waals surface area contributed by atoms with E-state index in [1.165, 1.54) is 5.56 Å². The van der Waals surface area contributed by atoms with Gasteiger partial charge in [0, 0.05) is 34.7 Å². The number of aryl methyl sites for hydroxylation is 1. The van der Waals surface area contributed by atoms with E-state index in [-0.39, 0.29) is 11.3 Å². The second kappa shape index (κ2) is 8.25. The molecule has 1 heterocycles. The van der Waals surface area contributed by atoms with E-state index in [0.717, 1.165) is 23.0 Å². The van der Waals surface area contributed by atoms with E-state index >= 15 is 0 Å². The van der Waals surface area contributed by atoms with Gasteiger partial charge in [-0.25, -0.2) is 0 Å². The highest BCUT2D eigenvalue weighted by molar-refractivity contribution is 9.10. The molecular formula is C19H23BrN2O. The minimum absolute atomic E-state index is 0.0860. The van der Waals surface area contributed by atoms with Crippen LogP contribution >= 0.6 is 15.9 Å². The molecule has 1 aromatic carbocycles. The van der Waals surface area contributed by atoms with Gasteiger partial charge in [0.2, 0.25) is 5.91 Å². The lowest BCUT2D eigenvalue weighted by atomic mass is 9.84. The summed E-state index contributed by atoms with van der Waals surface area (Å²) in [6, 6.07) is 14.1. The summed E-state index contributed by atoms with van der Waals surface area (Å²) in [6.07, 6.45) is 3.98. The molecule has 0 spiro atoms. The Labute approximate surface area is 146 Å². The molecule has 1 aromatic heterocycles. The van der Waals surface area contributed by atoms with Crippen LogP contribution in [0, 0.1) is 0 Å². The van der Waals surface area contributed by atoms with Crippen molar-refractivity contribution < 1.29 is 4.79 Å². The van der Waals surface area contributed by atoms with Gasteiger partial charge in [0.1, 0.15) is 0 Å². The third-order valence-corrected chi connectivity index (χ3v) is 4.44. The number of amides is 1. The largest absolute Gasteiger partial charge is 0.355 e. The summed E-state index contributed by atoms with van der Waals surface area (Å²) in [5.74, 6) is 0.103. The number of nitrogens with one attached hydrogen (secondary N) is 1. The molecule has 0 atom stereocenters.